The number of nitrogens with zero attached hydrogens (tertiary/aromatic N) is 1. The average molecular weight is 201 g/mol. The van der Waals surface area contributed by atoms with Crippen LogP contribution in [-0.2, 0) is 4.74 Å². The summed E-state index contributed by atoms with van der Waals surface area (Å²) in [6, 6.07) is 0. The maximum Gasteiger partial charge on any atom is 0.0698 e. The third kappa shape index (κ3) is 4.94. The molecular weight excluding hydrogens is 178 g/mol. The fourth-order valence-corrected chi connectivity index (χ4v) is 1.91. The minimum Gasteiger partial charge on any atom is -0.394 e. The van der Waals surface area contributed by atoms with Crippen LogP contribution in [0.25, 0.3) is 0 Å². The standard InChI is InChI=1S/C11H23NO2/c1-11-3-2-5-12(6-4-11)7-9-14-10-8-13/h11,13H,2-10H2,1H3. The summed E-state index contributed by atoms with van der Waals surface area (Å²) < 4.78 is 5.26. The predicted molar refractivity (Wildman–Crippen MR) is 57.4 cm³/mol. The maximum absolute atomic E-state index is 8.54. The van der Waals surface area contributed by atoms with Crippen LogP contribution in [0.15, 0.2) is 0 Å². The van der Waals surface area contributed by atoms with Crippen LogP contribution in [0.4, 0.5) is 0 Å². The fraction of sp³-hybridized carbons (Fsp3) is 1.00. The van der Waals surface area contributed by atoms with Gasteiger partial charge in [0.05, 0.1) is 19.8 Å². The first-order valence-electron chi connectivity index (χ1n) is 5.74. The second kappa shape index (κ2) is 7.21. The molecule has 0 aromatic heterocycles. The summed E-state index contributed by atoms with van der Waals surface area (Å²) >= 11 is 0. The molecular formula is C11H23NO2. The molecule has 1 aliphatic heterocycles. The lowest BCUT2D eigenvalue weighted by molar-refractivity contribution is 0.0742. The lowest BCUT2D eigenvalue weighted by atomic mass is 10.0. The van der Waals surface area contributed by atoms with Crippen LogP contribution in [0.1, 0.15) is 26.2 Å². The molecule has 1 fully saturated rings. The van der Waals surface area contributed by atoms with E-state index in [9.17, 15) is 0 Å². The Morgan fingerprint density at radius 1 is 1.29 bits per heavy atom. The Balaban J connectivity index is 2.05. The van der Waals surface area contributed by atoms with E-state index in [-0.39, 0.29) is 6.61 Å². The monoisotopic (exact) mass is 201 g/mol. The van der Waals surface area contributed by atoms with Crippen LogP contribution in [0, 0.1) is 5.92 Å². The van der Waals surface area contributed by atoms with Gasteiger partial charge in [0, 0.05) is 6.54 Å². The van der Waals surface area contributed by atoms with Crippen LogP contribution in [0.3, 0.4) is 0 Å². The quantitative estimate of drug-likeness (QED) is 0.677. The molecule has 0 spiro atoms. The van der Waals surface area contributed by atoms with E-state index in [4.69, 9.17) is 9.84 Å². The van der Waals surface area contributed by atoms with Gasteiger partial charge < -0.3 is 14.7 Å². The van der Waals surface area contributed by atoms with Gasteiger partial charge in [-0.2, -0.15) is 0 Å². The molecule has 0 aromatic rings. The molecule has 0 aromatic carbocycles. The van der Waals surface area contributed by atoms with E-state index in [1.807, 2.05) is 0 Å². The fourth-order valence-electron chi connectivity index (χ4n) is 1.91. The van der Waals surface area contributed by atoms with Crippen molar-refractivity contribution in [1.29, 1.82) is 0 Å². The van der Waals surface area contributed by atoms with Crippen molar-refractivity contribution in [2.45, 2.75) is 26.2 Å². The van der Waals surface area contributed by atoms with Crippen LogP contribution >= 0.6 is 0 Å². The molecule has 3 nitrogen and oxygen atoms in total. The highest BCUT2D eigenvalue weighted by molar-refractivity contribution is 4.66. The molecule has 0 aliphatic carbocycles. The smallest absolute Gasteiger partial charge is 0.0698 e. The second-order valence-corrected chi connectivity index (χ2v) is 4.21. The topological polar surface area (TPSA) is 32.7 Å². The van der Waals surface area contributed by atoms with E-state index in [0.717, 1.165) is 19.1 Å². The van der Waals surface area contributed by atoms with Crippen molar-refractivity contribution in [3.63, 3.8) is 0 Å². The first-order chi connectivity index (χ1) is 6.83. The Hall–Kier alpha value is -0.120. The number of aliphatic hydroxyl groups excluding tert-OH is 1. The molecule has 1 N–H and O–H groups in total. The summed E-state index contributed by atoms with van der Waals surface area (Å²) in [5, 5.41) is 8.54. The molecule has 1 rings (SSSR count). The Morgan fingerprint density at radius 2 is 2.14 bits per heavy atom. The van der Waals surface area contributed by atoms with Gasteiger partial charge in [0.15, 0.2) is 0 Å². The highest BCUT2D eigenvalue weighted by atomic mass is 16.5. The lowest BCUT2D eigenvalue weighted by Gasteiger charge is -2.19. The molecule has 1 saturated heterocycles. The van der Waals surface area contributed by atoms with E-state index >= 15 is 0 Å². The van der Waals surface area contributed by atoms with E-state index in [0.29, 0.717) is 6.61 Å². The number of aliphatic hydroxyl groups is 1. The summed E-state index contributed by atoms with van der Waals surface area (Å²) in [5.41, 5.74) is 0. The Kier molecular flexibility index (Phi) is 6.15. The van der Waals surface area contributed by atoms with E-state index in [1.54, 1.807) is 0 Å². The Morgan fingerprint density at radius 3 is 2.93 bits per heavy atom. The zero-order valence-electron chi connectivity index (χ0n) is 9.24. The minimum atomic E-state index is 0.136. The van der Waals surface area contributed by atoms with Gasteiger partial charge in [-0.15, -0.1) is 0 Å². The Bertz CT molecular complexity index is 141. The van der Waals surface area contributed by atoms with Crippen LogP contribution < -0.4 is 0 Å². The first kappa shape index (κ1) is 12.0. The molecule has 1 unspecified atom stereocenters. The summed E-state index contributed by atoms with van der Waals surface area (Å²) in [7, 11) is 0. The molecule has 1 atom stereocenters. The van der Waals surface area contributed by atoms with Crippen LogP contribution in [0.2, 0.25) is 0 Å². The van der Waals surface area contributed by atoms with Crippen molar-refractivity contribution in [3.05, 3.63) is 0 Å². The molecule has 3 heteroatoms. The van der Waals surface area contributed by atoms with Gasteiger partial charge in [-0.05, 0) is 38.3 Å². The van der Waals surface area contributed by atoms with E-state index in [1.165, 1.54) is 32.4 Å². The molecule has 14 heavy (non-hydrogen) atoms. The average Bonchev–Trinajstić information content (AvgIpc) is 2.38. The molecule has 0 saturated carbocycles. The maximum atomic E-state index is 8.54. The third-order valence-electron chi connectivity index (χ3n) is 2.90. The van der Waals surface area contributed by atoms with Crippen molar-refractivity contribution in [2.75, 3.05) is 39.5 Å². The molecule has 0 bridgehead atoms. The highest BCUT2D eigenvalue weighted by Gasteiger charge is 2.12. The van der Waals surface area contributed by atoms with Gasteiger partial charge in [-0.3, -0.25) is 0 Å². The van der Waals surface area contributed by atoms with Crippen LogP contribution in [-0.4, -0.2) is 49.5 Å². The van der Waals surface area contributed by atoms with Gasteiger partial charge in [-0.1, -0.05) is 6.92 Å². The van der Waals surface area contributed by atoms with Crippen molar-refractivity contribution in [1.82, 2.24) is 4.90 Å². The van der Waals surface area contributed by atoms with Gasteiger partial charge in [0.1, 0.15) is 0 Å². The summed E-state index contributed by atoms with van der Waals surface area (Å²) in [5.74, 6) is 0.887. The molecule has 1 heterocycles. The summed E-state index contributed by atoms with van der Waals surface area (Å²) in [6.45, 7) is 7.16. The zero-order chi connectivity index (χ0) is 10.2. The predicted octanol–water partition coefficient (Wildman–Crippen LogP) is 1.12. The second-order valence-electron chi connectivity index (χ2n) is 4.21. The largest absolute Gasteiger partial charge is 0.394 e. The van der Waals surface area contributed by atoms with Gasteiger partial charge in [0.2, 0.25) is 0 Å². The Labute approximate surface area is 87.1 Å². The van der Waals surface area contributed by atoms with E-state index in [2.05, 4.69) is 11.8 Å². The summed E-state index contributed by atoms with van der Waals surface area (Å²) in [4.78, 5) is 2.47. The normalized spacial score (nSPS) is 24.9. The number of hydrogen-bond acceptors (Lipinski definition) is 3. The molecule has 1 aliphatic rings. The molecule has 0 amide bonds. The first-order valence-corrected chi connectivity index (χ1v) is 5.74. The van der Waals surface area contributed by atoms with Crippen molar-refractivity contribution in [3.8, 4) is 0 Å². The zero-order valence-corrected chi connectivity index (χ0v) is 9.24. The number of rotatable bonds is 5. The number of hydrogen-bond donors (Lipinski definition) is 1. The number of ether oxygens (including phenoxy) is 1. The lowest BCUT2D eigenvalue weighted by Crippen LogP contribution is -2.29. The molecule has 0 radical (unpaired) electrons. The van der Waals surface area contributed by atoms with Gasteiger partial charge in [0.25, 0.3) is 0 Å². The van der Waals surface area contributed by atoms with Crippen molar-refractivity contribution >= 4 is 0 Å². The molecule has 84 valence electrons. The van der Waals surface area contributed by atoms with Crippen molar-refractivity contribution < 1.29 is 9.84 Å². The SMILES string of the molecule is CC1CCCN(CCOCCO)CC1. The summed E-state index contributed by atoms with van der Waals surface area (Å²) in [6.07, 6.45) is 4.01. The minimum absolute atomic E-state index is 0.136. The highest BCUT2D eigenvalue weighted by Crippen LogP contribution is 2.15. The van der Waals surface area contributed by atoms with Crippen LogP contribution in [0.5, 0.6) is 0 Å². The van der Waals surface area contributed by atoms with Gasteiger partial charge in [-0.25, -0.2) is 0 Å². The van der Waals surface area contributed by atoms with Gasteiger partial charge >= 0.3 is 0 Å². The van der Waals surface area contributed by atoms with Crippen molar-refractivity contribution in [2.24, 2.45) is 5.92 Å². The third-order valence-corrected chi connectivity index (χ3v) is 2.90. The van der Waals surface area contributed by atoms with E-state index < -0.39 is 0 Å². The number of likely N-dealkylation sites (tertiary alicyclic amines) is 1.